The van der Waals surface area contributed by atoms with Gasteiger partial charge < -0.3 is 10.2 Å². The first kappa shape index (κ1) is 26.1. The smallest absolute Gasteiger partial charge is 0.190 e. The lowest BCUT2D eigenvalue weighted by atomic mass is 9.39. The molecule has 3 aliphatic rings. The molecular weight excluding hydrogens is 464 g/mol. The predicted octanol–water partition coefficient (Wildman–Crippen LogP) is 2.60. The Balaban J connectivity index is 2.02. The first-order valence-corrected chi connectivity index (χ1v) is 12.2. The molecule has 0 radical (unpaired) electrons. The lowest BCUT2D eigenvalue weighted by Gasteiger charge is -2.61. The van der Waals surface area contributed by atoms with Gasteiger partial charge >= 0.3 is 0 Å². The van der Waals surface area contributed by atoms with Gasteiger partial charge in [-0.2, -0.15) is 0 Å². The van der Waals surface area contributed by atoms with Gasteiger partial charge in [0, 0.05) is 16.9 Å². The van der Waals surface area contributed by atoms with Crippen LogP contribution in [0.4, 0.5) is 0 Å². The zero-order valence-corrected chi connectivity index (χ0v) is 21.6. The van der Waals surface area contributed by atoms with Crippen LogP contribution >= 0.6 is 0 Å². The highest BCUT2D eigenvalue weighted by Crippen LogP contribution is 2.64. The van der Waals surface area contributed by atoms with Crippen molar-refractivity contribution in [1.82, 2.24) is 0 Å². The molecule has 1 aromatic carbocycles. The van der Waals surface area contributed by atoms with Crippen LogP contribution in [0.1, 0.15) is 79.8 Å². The number of ketones is 6. The van der Waals surface area contributed by atoms with E-state index in [1.807, 2.05) is 0 Å². The zero-order chi connectivity index (χ0) is 27.3. The number of aromatic hydroxyl groups is 1. The highest BCUT2D eigenvalue weighted by atomic mass is 16.3. The fraction of sp³-hybridized carbons (Fsp3) is 0.571. The maximum Gasteiger partial charge on any atom is 0.190 e. The summed E-state index contributed by atoms with van der Waals surface area (Å²) in [5, 5.41) is 22.7. The van der Waals surface area contributed by atoms with E-state index in [2.05, 4.69) is 0 Å². The molecule has 8 nitrogen and oxygen atoms in total. The number of fused-ring (bicyclic) bond motifs is 3. The molecule has 0 bridgehead atoms. The van der Waals surface area contributed by atoms with Crippen molar-refractivity contribution in [3.8, 4) is 5.75 Å². The number of carbonyl (C=O) groups excluding carboxylic acids is 6. The summed E-state index contributed by atoms with van der Waals surface area (Å²) in [5.74, 6) is -9.71. The summed E-state index contributed by atoms with van der Waals surface area (Å²) in [6.07, 6.45) is 0.0112. The molecule has 0 spiro atoms. The molecule has 192 valence electrons. The first-order chi connectivity index (χ1) is 16.5. The van der Waals surface area contributed by atoms with Gasteiger partial charge in [0.1, 0.15) is 17.5 Å². The van der Waals surface area contributed by atoms with Gasteiger partial charge in [-0.1, -0.05) is 27.7 Å². The Labute approximate surface area is 209 Å². The maximum absolute atomic E-state index is 14.2. The first-order valence-electron chi connectivity index (χ1n) is 12.2. The van der Waals surface area contributed by atoms with Gasteiger partial charge in [-0.3, -0.25) is 28.8 Å². The van der Waals surface area contributed by atoms with Crippen LogP contribution in [-0.2, 0) is 25.6 Å². The molecule has 2 saturated carbocycles. The number of benzene rings is 1. The third kappa shape index (κ3) is 2.97. The summed E-state index contributed by atoms with van der Waals surface area (Å²) >= 11 is 0. The Kier molecular flexibility index (Phi) is 5.61. The number of aliphatic hydroxyl groups is 1. The summed E-state index contributed by atoms with van der Waals surface area (Å²) in [4.78, 5) is 79.9. The second kappa shape index (κ2) is 7.75. The summed E-state index contributed by atoms with van der Waals surface area (Å²) in [6, 6.07) is 1.51. The topological polar surface area (TPSA) is 143 Å². The van der Waals surface area contributed by atoms with Crippen molar-refractivity contribution in [3.05, 3.63) is 28.3 Å². The number of carbonyl (C=O) groups is 6. The van der Waals surface area contributed by atoms with Crippen molar-refractivity contribution in [2.45, 2.75) is 66.9 Å². The summed E-state index contributed by atoms with van der Waals surface area (Å²) in [7, 11) is 0. The number of Topliss-reactive ketones (excluding diaryl/α,β-unsaturated/α-hetero) is 6. The van der Waals surface area contributed by atoms with Gasteiger partial charge in [0.15, 0.2) is 34.5 Å². The molecule has 0 amide bonds. The van der Waals surface area contributed by atoms with Gasteiger partial charge in [-0.15, -0.1) is 0 Å². The van der Waals surface area contributed by atoms with E-state index in [4.69, 9.17) is 0 Å². The van der Waals surface area contributed by atoms with E-state index in [1.54, 1.807) is 20.8 Å². The molecule has 36 heavy (non-hydrogen) atoms. The Morgan fingerprint density at radius 3 is 2.14 bits per heavy atom. The third-order valence-electron chi connectivity index (χ3n) is 8.95. The molecule has 0 aliphatic heterocycles. The Bertz CT molecular complexity index is 1290. The van der Waals surface area contributed by atoms with Crippen LogP contribution in [0.15, 0.2) is 6.07 Å². The summed E-state index contributed by atoms with van der Waals surface area (Å²) in [6.45, 7) is 10.6. The second-order valence-corrected chi connectivity index (χ2v) is 11.8. The molecule has 0 aromatic heterocycles. The number of rotatable bonds is 3. The Hall–Kier alpha value is -3.00. The molecule has 4 rings (SSSR count). The van der Waals surface area contributed by atoms with Crippen LogP contribution in [0.25, 0.3) is 0 Å². The lowest BCUT2D eigenvalue weighted by molar-refractivity contribution is -0.205. The van der Waals surface area contributed by atoms with Crippen molar-refractivity contribution in [2.24, 2.45) is 34.5 Å². The fourth-order valence-electron chi connectivity index (χ4n) is 7.65. The van der Waals surface area contributed by atoms with E-state index >= 15 is 0 Å². The predicted molar refractivity (Wildman–Crippen MR) is 128 cm³/mol. The van der Waals surface area contributed by atoms with E-state index in [0.29, 0.717) is 11.1 Å². The number of phenolic OH excluding ortho intramolecular Hbond substituents is 1. The highest BCUT2D eigenvalue weighted by Gasteiger charge is 2.76. The van der Waals surface area contributed by atoms with Gasteiger partial charge in [0.05, 0.1) is 11.5 Å². The average Bonchev–Trinajstić information content (AvgIpc) is 2.72. The van der Waals surface area contributed by atoms with Gasteiger partial charge in [-0.25, -0.2) is 0 Å². The molecule has 2 N–H and O–H groups in total. The van der Waals surface area contributed by atoms with E-state index in [1.165, 1.54) is 26.8 Å². The number of hydrogen-bond donors (Lipinski definition) is 2. The lowest BCUT2D eigenvalue weighted by Crippen LogP contribution is -2.76. The van der Waals surface area contributed by atoms with E-state index in [9.17, 15) is 39.0 Å². The van der Waals surface area contributed by atoms with E-state index < -0.39 is 69.0 Å². The van der Waals surface area contributed by atoms with Crippen molar-refractivity contribution in [3.63, 3.8) is 0 Å². The summed E-state index contributed by atoms with van der Waals surface area (Å²) < 4.78 is 0. The third-order valence-corrected chi connectivity index (χ3v) is 8.95. The molecule has 1 aromatic rings. The quantitative estimate of drug-likeness (QED) is 0.480. The van der Waals surface area contributed by atoms with Crippen molar-refractivity contribution in [1.29, 1.82) is 0 Å². The highest BCUT2D eigenvalue weighted by molar-refractivity contribution is 6.32. The Morgan fingerprint density at radius 1 is 1.06 bits per heavy atom. The zero-order valence-electron chi connectivity index (χ0n) is 21.6. The second-order valence-electron chi connectivity index (χ2n) is 11.8. The maximum atomic E-state index is 14.2. The standard InChI is InChI=1S/C28H32O8/c1-11(2)19-22(32)17(14(5)30)24(34)28(36)25(35)20-23(33)18-16(9-26(20,6)10-27(19,28)7)15(13(4)29)8-12(3)21(18)31/h8,11,17,19-20,31,36H,9-10H2,1-7H3/t17?,19?,20?,26-,27-,28+/m1/s1. The molecular formula is C28H32O8. The molecule has 6 atom stereocenters. The van der Waals surface area contributed by atoms with Gasteiger partial charge in [-0.05, 0) is 62.1 Å². The fourth-order valence-corrected chi connectivity index (χ4v) is 7.65. The van der Waals surface area contributed by atoms with E-state index in [-0.39, 0.29) is 35.5 Å². The molecule has 8 heteroatoms. The minimum absolute atomic E-state index is 0.0466. The molecule has 3 unspecified atom stereocenters. The Morgan fingerprint density at radius 2 is 1.64 bits per heavy atom. The minimum Gasteiger partial charge on any atom is -0.507 e. The van der Waals surface area contributed by atoms with Crippen LogP contribution in [0.3, 0.4) is 0 Å². The monoisotopic (exact) mass is 496 g/mol. The van der Waals surface area contributed by atoms with Crippen molar-refractivity contribution >= 4 is 34.7 Å². The number of phenols is 1. The molecule has 0 saturated heterocycles. The van der Waals surface area contributed by atoms with Gasteiger partial charge in [0.2, 0.25) is 0 Å². The van der Waals surface area contributed by atoms with Gasteiger partial charge in [0.25, 0.3) is 0 Å². The van der Waals surface area contributed by atoms with Crippen LogP contribution in [0.2, 0.25) is 0 Å². The summed E-state index contributed by atoms with van der Waals surface area (Å²) in [5.41, 5.74) is -4.72. The van der Waals surface area contributed by atoms with Crippen LogP contribution < -0.4 is 0 Å². The average molecular weight is 497 g/mol. The normalized spacial score (nSPS) is 35.9. The van der Waals surface area contributed by atoms with Crippen molar-refractivity contribution < 1.29 is 39.0 Å². The van der Waals surface area contributed by atoms with Crippen molar-refractivity contribution in [2.75, 3.05) is 0 Å². The van der Waals surface area contributed by atoms with Crippen LogP contribution in [-0.4, -0.2) is 50.5 Å². The largest absolute Gasteiger partial charge is 0.507 e. The molecule has 0 heterocycles. The SMILES string of the molecule is CC(=O)c1cc(C)c(O)c2c1C[C@]1(C)C[C@]3(C)C(C(C)C)C(=O)C(C(C)=O)C(=O)[C@]3(O)C(=O)C1C2=O. The number of hydrogen-bond acceptors (Lipinski definition) is 8. The van der Waals surface area contributed by atoms with Crippen LogP contribution in [0, 0.1) is 41.4 Å². The van der Waals surface area contributed by atoms with E-state index in [0.717, 1.165) is 6.92 Å². The van der Waals surface area contributed by atoms with Crippen LogP contribution in [0.5, 0.6) is 5.75 Å². The minimum atomic E-state index is -2.73. The molecule has 3 aliphatic carbocycles. The number of aryl methyl sites for hydroxylation is 1. The molecule has 2 fully saturated rings.